The first-order valence-electron chi connectivity index (χ1n) is 7.17. The summed E-state index contributed by atoms with van der Waals surface area (Å²) in [5, 5.41) is 3.58. The second-order valence-electron chi connectivity index (χ2n) is 5.50. The van der Waals surface area contributed by atoms with Gasteiger partial charge in [0.2, 0.25) is 0 Å². The molecule has 98 valence electrons. The van der Waals surface area contributed by atoms with Gasteiger partial charge < -0.3 is 5.32 Å². The number of nitrogens with one attached hydrogen (secondary N) is 1. The van der Waals surface area contributed by atoms with Gasteiger partial charge in [0.25, 0.3) is 0 Å². The van der Waals surface area contributed by atoms with Gasteiger partial charge in [-0.2, -0.15) is 0 Å². The van der Waals surface area contributed by atoms with Gasteiger partial charge >= 0.3 is 0 Å². The molecule has 1 aliphatic carbocycles. The van der Waals surface area contributed by atoms with Crippen molar-refractivity contribution in [2.45, 2.75) is 38.8 Å². The van der Waals surface area contributed by atoms with Crippen molar-refractivity contribution in [1.82, 2.24) is 5.32 Å². The lowest BCUT2D eigenvalue weighted by Gasteiger charge is -2.11. The van der Waals surface area contributed by atoms with Crippen molar-refractivity contribution in [1.29, 1.82) is 0 Å². The average Bonchev–Trinajstić information content (AvgIpc) is 3.26. The van der Waals surface area contributed by atoms with Gasteiger partial charge in [0.1, 0.15) is 0 Å². The first kappa shape index (κ1) is 12.4. The topological polar surface area (TPSA) is 12.0 Å². The summed E-state index contributed by atoms with van der Waals surface area (Å²) >= 11 is 0. The Balaban J connectivity index is 1.62. The van der Waals surface area contributed by atoms with E-state index in [1.165, 1.54) is 29.5 Å². The molecule has 0 aliphatic heterocycles. The van der Waals surface area contributed by atoms with Crippen LogP contribution in [0.25, 0.3) is 0 Å². The molecule has 1 aliphatic rings. The van der Waals surface area contributed by atoms with Crippen LogP contribution in [0.4, 0.5) is 0 Å². The predicted octanol–water partition coefficient (Wildman–Crippen LogP) is 4.16. The first-order valence-corrected chi connectivity index (χ1v) is 7.17. The van der Waals surface area contributed by atoms with E-state index >= 15 is 0 Å². The summed E-state index contributed by atoms with van der Waals surface area (Å²) in [7, 11) is 0. The van der Waals surface area contributed by atoms with Crippen LogP contribution in [0.1, 0.15) is 41.0 Å². The van der Waals surface area contributed by atoms with Gasteiger partial charge in [-0.1, -0.05) is 48.5 Å². The highest BCUT2D eigenvalue weighted by Gasteiger charge is 2.25. The quantitative estimate of drug-likeness (QED) is 0.841. The van der Waals surface area contributed by atoms with Crippen LogP contribution in [0, 0.1) is 6.92 Å². The fraction of sp³-hybridized carbons (Fsp3) is 0.333. The van der Waals surface area contributed by atoms with Crippen molar-refractivity contribution in [3.63, 3.8) is 0 Å². The predicted molar refractivity (Wildman–Crippen MR) is 80.1 cm³/mol. The van der Waals surface area contributed by atoms with E-state index in [1.54, 1.807) is 5.56 Å². The summed E-state index contributed by atoms with van der Waals surface area (Å²) in [6, 6.07) is 17.5. The second kappa shape index (κ2) is 5.58. The maximum Gasteiger partial charge on any atom is 0.0211 e. The Morgan fingerprint density at radius 1 is 0.895 bits per heavy atom. The molecule has 0 radical (unpaired) electrons. The lowest BCUT2D eigenvalue weighted by Crippen LogP contribution is -2.14. The lowest BCUT2D eigenvalue weighted by molar-refractivity contribution is 0.685. The maximum absolute atomic E-state index is 3.58. The third-order valence-electron chi connectivity index (χ3n) is 3.96. The molecule has 0 bridgehead atoms. The van der Waals surface area contributed by atoms with E-state index < -0.39 is 0 Å². The Morgan fingerprint density at radius 3 is 2.26 bits per heavy atom. The summed E-state index contributed by atoms with van der Waals surface area (Å²) in [6.07, 6.45) is 2.74. The molecule has 1 fully saturated rings. The SMILES string of the molecule is Cc1ccccc1CNCc1ccccc1C1CC1. The molecule has 1 heteroatoms. The molecule has 19 heavy (non-hydrogen) atoms. The smallest absolute Gasteiger partial charge is 0.0211 e. The molecule has 2 aromatic rings. The molecule has 0 spiro atoms. The standard InChI is InChI=1S/C18H21N/c1-14-6-2-3-7-16(14)12-19-13-17-8-4-5-9-18(17)15-10-11-15/h2-9,15,19H,10-13H2,1H3. The molecular formula is C18H21N. The molecule has 0 heterocycles. The van der Waals surface area contributed by atoms with Crippen molar-refractivity contribution in [2.75, 3.05) is 0 Å². The Labute approximate surface area is 115 Å². The van der Waals surface area contributed by atoms with Gasteiger partial charge in [-0.15, -0.1) is 0 Å². The molecule has 0 atom stereocenters. The van der Waals surface area contributed by atoms with Crippen molar-refractivity contribution in [3.8, 4) is 0 Å². The third kappa shape index (κ3) is 3.05. The highest BCUT2D eigenvalue weighted by molar-refractivity contribution is 5.33. The molecule has 1 saturated carbocycles. The van der Waals surface area contributed by atoms with Crippen LogP contribution >= 0.6 is 0 Å². The number of aryl methyl sites for hydroxylation is 1. The van der Waals surface area contributed by atoms with E-state index in [0.717, 1.165) is 19.0 Å². The zero-order chi connectivity index (χ0) is 13.1. The van der Waals surface area contributed by atoms with Gasteiger partial charge in [0.15, 0.2) is 0 Å². The van der Waals surface area contributed by atoms with E-state index in [2.05, 4.69) is 60.8 Å². The van der Waals surface area contributed by atoms with E-state index in [-0.39, 0.29) is 0 Å². The Bertz CT molecular complexity index is 555. The minimum absolute atomic E-state index is 0.830. The van der Waals surface area contributed by atoms with Gasteiger partial charge in [-0.05, 0) is 47.9 Å². The van der Waals surface area contributed by atoms with Crippen LogP contribution in [0.2, 0.25) is 0 Å². The summed E-state index contributed by atoms with van der Waals surface area (Å²) in [5.74, 6) is 0.830. The van der Waals surface area contributed by atoms with Crippen LogP contribution < -0.4 is 5.32 Å². The molecule has 0 amide bonds. The maximum atomic E-state index is 3.58. The van der Waals surface area contributed by atoms with E-state index in [9.17, 15) is 0 Å². The first-order chi connectivity index (χ1) is 9.34. The lowest BCUT2D eigenvalue weighted by atomic mass is 10.0. The van der Waals surface area contributed by atoms with Gasteiger partial charge in [-0.3, -0.25) is 0 Å². The second-order valence-corrected chi connectivity index (χ2v) is 5.50. The van der Waals surface area contributed by atoms with Crippen LogP contribution in [0.3, 0.4) is 0 Å². The monoisotopic (exact) mass is 251 g/mol. The van der Waals surface area contributed by atoms with Crippen molar-refractivity contribution >= 4 is 0 Å². The van der Waals surface area contributed by atoms with Crippen molar-refractivity contribution in [3.05, 3.63) is 70.8 Å². The molecule has 1 nitrogen and oxygen atoms in total. The molecule has 0 unspecified atom stereocenters. The highest BCUT2D eigenvalue weighted by Crippen LogP contribution is 2.41. The molecule has 0 saturated heterocycles. The number of benzene rings is 2. The minimum Gasteiger partial charge on any atom is -0.309 e. The van der Waals surface area contributed by atoms with Gasteiger partial charge in [0, 0.05) is 13.1 Å². The fourth-order valence-electron chi connectivity index (χ4n) is 2.63. The average molecular weight is 251 g/mol. The van der Waals surface area contributed by atoms with E-state index in [1.807, 2.05) is 0 Å². The van der Waals surface area contributed by atoms with Crippen LogP contribution in [-0.4, -0.2) is 0 Å². The highest BCUT2D eigenvalue weighted by atomic mass is 14.8. The molecule has 2 aromatic carbocycles. The number of rotatable bonds is 5. The number of hydrogen-bond donors (Lipinski definition) is 1. The van der Waals surface area contributed by atoms with Crippen molar-refractivity contribution in [2.24, 2.45) is 0 Å². The fourth-order valence-corrected chi connectivity index (χ4v) is 2.63. The van der Waals surface area contributed by atoms with E-state index in [0.29, 0.717) is 0 Å². The largest absolute Gasteiger partial charge is 0.309 e. The minimum atomic E-state index is 0.830. The van der Waals surface area contributed by atoms with Gasteiger partial charge in [-0.25, -0.2) is 0 Å². The third-order valence-corrected chi connectivity index (χ3v) is 3.96. The normalized spacial score (nSPS) is 14.6. The Hall–Kier alpha value is -1.60. The molecule has 1 N–H and O–H groups in total. The van der Waals surface area contributed by atoms with E-state index in [4.69, 9.17) is 0 Å². The summed E-state index contributed by atoms with van der Waals surface area (Å²) in [6.45, 7) is 4.10. The van der Waals surface area contributed by atoms with Crippen LogP contribution in [0.5, 0.6) is 0 Å². The summed E-state index contributed by atoms with van der Waals surface area (Å²) in [4.78, 5) is 0. The zero-order valence-electron chi connectivity index (χ0n) is 11.5. The van der Waals surface area contributed by atoms with Crippen LogP contribution in [0.15, 0.2) is 48.5 Å². The summed E-state index contributed by atoms with van der Waals surface area (Å²) in [5.41, 5.74) is 5.79. The summed E-state index contributed by atoms with van der Waals surface area (Å²) < 4.78 is 0. The van der Waals surface area contributed by atoms with Crippen LogP contribution in [-0.2, 0) is 13.1 Å². The Morgan fingerprint density at radius 2 is 1.53 bits per heavy atom. The molecular weight excluding hydrogens is 230 g/mol. The zero-order valence-corrected chi connectivity index (χ0v) is 11.5. The molecule has 0 aromatic heterocycles. The number of hydrogen-bond acceptors (Lipinski definition) is 1. The Kier molecular flexibility index (Phi) is 3.65. The van der Waals surface area contributed by atoms with Crippen molar-refractivity contribution < 1.29 is 0 Å². The molecule has 3 rings (SSSR count). The van der Waals surface area contributed by atoms with Gasteiger partial charge in [0.05, 0.1) is 0 Å².